The van der Waals surface area contributed by atoms with Gasteiger partial charge in [-0.25, -0.2) is 13.1 Å². The van der Waals surface area contributed by atoms with E-state index < -0.39 is 10.0 Å². The highest BCUT2D eigenvalue weighted by molar-refractivity contribution is 7.91. The quantitative estimate of drug-likeness (QED) is 0.749. The van der Waals surface area contributed by atoms with Crippen LogP contribution in [0.15, 0.2) is 16.3 Å². The standard InChI is InChI=1S/C13H22N2O4S2/c1-2-15-6-8-19-11(10-15)9-14-21(17,18)13-4-3-12(20-13)5-7-16/h3-4,11,14,16H,2,5-10H2,1H3. The molecule has 1 fully saturated rings. The predicted octanol–water partition coefficient (Wildman–Crippen LogP) is 0.282. The van der Waals surface area contributed by atoms with Crippen LogP contribution in [0.1, 0.15) is 11.8 Å². The summed E-state index contributed by atoms with van der Waals surface area (Å²) >= 11 is 1.19. The predicted molar refractivity (Wildman–Crippen MR) is 82.2 cm³/mol. The lowest BCUT2D eigenvalue weighted by atomic mass is 10.3. The monoisotopic (exact) mass is 334 g/mol. The second kappa shape index (κ2) is 7.66. The molecule has 0 saturated carbocycles. The summed E-state index contributed by atoms with van der Waals surface area (Å²) < 4.78 is 32.9. The number of sulfonamides is 1. The van der Waals surface area contributed by atoms with Crippen LogP contribution in [-0.4, -0.2) is 63.9 Å². The minimum absolute atomic E-state index is 0.0240. The number of nitrogens with one attached hydrogen (secondary N) is 1. The molecule has 0 radical (unpaired) electrons. The number of aliphatic hydroxyl groups is 1. The van der Waals surface area contributed by atoms with Crippen molar-refractivity contribution < 1.29 is 18.3 Å². The number of hydrogen-bond acceptors (Lipinski definition) is 6. The molecule has 0 spiro atoms. The second-order valence-electron chi connectivity index (χ2n) is 4.93. The van der Waals surface area contributed by atoms with E-state index in [9.17, 15) is 8.42 Å². The van der Waals surface area contributed by atoms with Gasteiger partial charge < -0.3 is 9.84 Å². The molecule has 21 heavy (non-hydrogen) atoms. The Kier molecular flexibility index (Phi) is 6.15. The number of thiophene rings is 1. The first kappa shape index (κ1) is 16.9. The van der Waals surface area contributed by atoms with Crippen LogP contribution in [-0.2, 0) is 21.2 Å². The van der Waals surface area contributed by atoms with Gasteiger partial charge in [-0.2, -0.15) is 0 Å². The van der Waals surface area contributed by atoms with E-state index in [0.29, 0.717) is 13.0 Å². The Morgan fingerprint density at radius 1 is 1.52 bits per heavy atom. The summed E-state index contributed by atoms with van der Waals surface area (Å²) in [6.45, 7) is 5.62. The topological polar surface area (TPSA) is 78.9 Å². The van der Waals surface area contributed by atoms with Gasteiger partial charge in [0.15, 0.2) is 0 Å². The van der Waals surface area contributed by atoms with E-state index >= 15 is 0 Å². The van der Waals surface area contributed by atoms with Crippen LogP contribution in [0.2, 0.25) is 0 Å². The zero-order valence-electron chi connectivity index (χ0n) is 12.1. The van der Waals surface area contributed by atoms with Gasteiger partial charge in [0.25, 0.3) is 0 Å². The fourth-order valence-corrected chi connectivity index (χ4v) is 4.67. The van der Waals surface area contributed by atoms with Gasteiger partial charge in [-0.05, 0) is 18.7 Å². The third-order valence-corrected chi connectivity index (χ3v) is 6.49. The molecule has 1 aromatic heterocycles. The van der Waals surface area contributed by atoms with Gasteiger partial charge in [0.2, 0.25) is 10.0 Å². The van der Waals surface area contributed by atoms with Crippen molar-refractivity contribution in [3.8, 4) is 0 Å². The summed E-state index contributed by atoms with van der Waals surface area (Å²) in [6, 6.07) is 3.32. The Morgan fingerprint density at radius 3 is 3.05 bits per heavy atom. The zero-order valence-corrected chi connectivity index (χ0v) is 13.8. The molecule has 1 saturated heterocycles. The van der Waals surface area contributed by atoms with Crippen LogP contribution in [0.3, 0.4) is 0 Å². The number of likely N-dealkylation sites (N-methyl/N-ethyl adjacent to an activating group) is 1. The molecule has 1 aliphatic heterocycles. The van der Waals surface area contributed by atoms with Crippen LogP contribution < -0.4 is 4.72 Å². The van der Waals surface area contributed by atoms with Gasteiger partial charge in [0.05, 0.1) is 12.7 Å². The van der Waals surface area contributed by atoms with Crippen molar-refractivity contribution in [2.45, 2.75) is 23.7 Å². The van der Waals surface area contributed by atoms with Gasteiger partial charge in [-0.1, -0.05) is 6.92 Å². The maximum absolute atomic E-state index is 12.2. The first-order valence-electron chi connectivity index (χ1n) is 7.08. The first-order chi connectivity index (χ1) is 10.0. The van der Waals surface area contributed by atoms with E-state index in [0.717, 1.165) is 24.5 Å². The van der Waals surface area contributed by atoms with Crippen LogP contribution in [0.4, 0.5) is 0 Å². The van der Waals surface area contributed by atoms with Gasteiger partial charge in [-0.15, -0.1) is 11.3 Å². The fourth-order valence-electron chi connectivity index (χ4n) is 2.21. The van der Waals surface area contributed by atoms with Crippen molar-refractivity contribution in [1.82, 2.24) is 9.62 Å². The van der Waals surface area contributed by atoms with E-state index in [1.165, 1.54) is 11.3 Å². The normalized spacial score (nSPS) is 20.8. The number of hydrogen-bond donors (Lipinski definition) is 2. The minimum atomic E-state index is -3.49. The Labute approximate surface area is 129 Å². The number of morpholine rings is 1. The van der Waals surface area contributed by atoms with E-state index in [2.05, 4.69) is 16.5 Å². The molecule has 0 bridgehead atoms. The molecule has 1 atom stereocenters. The highest BCUT2D eigenvalue weighted by Gasteiger charge is 2.23. The summed E-state index contributed by atoms with van der Waals surface area (Å²) in [5.74, 6) is 0. The summed E-state index contributed by atoms with van der Waals surface area (Å²) in [7, 11) is -3.49. The molecule has 120 valence electrons. The molecule has 0 aromatic carbocycles. The Hall–Kier alpha value is -0.510. The molecule has 1 unspecified atom stereocenters. The van der Waals surface area contributed by atoms with Crippen LogP contribution in [0, 0.1) is 0 Å². The lowest BCUT2D eigenvalue weighted by molar-refractivity contribution is -0.0229. The molecule has 0 aliphatic carbocycles. The molecular formula is C13H22N2O4S2. The van der Waals surface area contributed by atoms with Crippen LogP contribution >= 0.6 is 11.3 Å². The molecule has 1 aromatic rings. The molecule has 2 heterocycles. The third-order valence-electron chi connectivity index (χ3n) is 3.43. The largest absolute Gasteiger partial charge is 0.396 e. The fraction of sp³-hybridized carbons (Fsp3) is 0.692. The summed E-state index contributed by atoms with van der Waals surface area (Å²) in [5, 5.41) is 8.87. The van der Waals surface area contributed by atoms with Gasteiger partial charge in [0, 0.05) is 37.5 Å². The average molecular weight is 334 g/mol. The molecule has 6 nitrogen and oxygen atoms in total. The van der Waals surface area contributed by atoms with Gasteiger partial charge in [0.1, 0.15) is 4.21 Å². The lowest BCUT2D eigenvalue weighted by Gasteiger charge is -2.32. The van der Waals surface area contributed by atoms with Gasteiger partial charge >= 0.3 is 0 Å². The number of ether oxygens (including phenoxy) is 1. The van der Waals surface area contributed by atoms with Gasteiger partial charge in [-0.3, -0.25) is 4.90 Å². The number of aliphatic hydroxyl groups excluding tert-OH is 1. The second-order valence-corrected chi connectivity index (χ2v) is 8.09. The molecular weight excluding hydrogens is 312 g/mol. The van der Waals surface area contributed by atoms with E-state index in [-0.39, 0.29) is 23.5 Å². The average Bonchev–Trinajstić information content (AvgIpc) is 2.95. The van der Waals surface area contributed by atoms with E-state index in [1.54, 1.807) is 12.1 Å². The van der Waals surface area contributed by atoms with Crippen molar-refractivity contribution in [1.29, 1.82) is 0 Å². The van der Waals surface area contributed by atoms with Crippen LogP contribution in [0.5, 0.6) is 0 Å². The van der Waals surface area contributed by atoms with E-state index in [1.807, 2.05) is 0 Å². The Balaban J connectivity index is 1.91. The molecule has 8 heteroatoms. The third kappa shape index (κ3) is 4.73. The molecule has 2 rings (SSSR count). The lowest BCUT2D eigenvalue weighted by Crippen LogP contribution is -2.47. The molecule has 2 N–H and O–H groups in total. The zero-order chi connectivity index (χ0) is 15.3. The summed E-state index contributed by atoms with van der Waals surface area (Å²) in [6.07, 6.45) is 0.377. The number of nitrogens with zero attached hydrogens (tertiary/aromatic N) is 1. The maximum Gasteiger partial charge on any atom is 0.250 e. The van der Waals surface area contributed by atoms with Crippen molar-refractivity contribution in [3.63, 3.8) is 0 Å². The molecule has 0 amide bonds. The van der Waals surface area contributed by atoms with Crippen molar-refractivity contribution in [2.75, 3.05) is 39.4 Å². The molecule has 1 aliphatic rings. The SMILES string of the molecule is CCN1CCOC(CNS(=O)(=O)c2ccc(CCO)s2)C1. The minimum Gasteiger partial charge on any atom is -0.396 e. The smallest absolute Gasteiger partial charge is 0.250 e. The van der Waals surface area contributed by atoms with Crippen molar-refractivity contribution in [2.24, 2.45) is 0 Å². The Bertz CT molecular complexity index is 544. The summed E-state index contributed by atoms with van der Waals surface area (Å²) in [4.78, 5) is 3.11. The van der Waals surface area contributed by atoms with Crippen molar-refractivity contribution in [3.05, 3.63) is 17.0 Å². The maximum atomic E-state index is 12.2. The Morgan fingerprint density at radius 2 is 2.33 bits per heavy atom. The summed E-state index contributed by atoms with van der Waals surface area (Å²) in [5.41, 5.74) is 0. The first-order valence-corrected chi connectivity index (χ1v) is 9.38. The highest BCUT2D eigenvalue weighted by atomic mass is 32.2. The van der Waals surface area contributed by atoms with E-state index in [4.69, 9.17) is 9.84 Å². The number of rotatable bonds is 7. The van der Waals surface area contributed by atoms with Crippen molar-refractivity contribution >= 4 is 21.4 Å². The highest BCUT2D eigenvalue weighted by Crippen LogP contribution is 2.21. The van der Waals surface area contributed by atoms with Crippen LogP contribution in [0.25, 0.3) is 0 Å².